The third-order valence-corrected chi connectivity index (χ3v) is 4.42. The first-order valence-electron chi connectivity index (χ1n) is 7.86. The predicted octanol–water partition coefficient (Wildman–Crippen LogP) is 3.35. The summed E-state index contributed by atoms with van der Waals surface area (Å²) in [6.45, 7) is 3.38. The number of hydrogen-bond donors (Lipinski definition) is 1. The van der Waals surface area contributed by atoms with E-state index >= 15 is 0 Å². The van der Waals surface area contributed by atoms with Gasteiger partial charge in [-0.25, -0.2) is 4.39 Å². The molecule has 1 fully saturated rings. The molecule has 126 valence electrons. The topological polar surface area (TPSA) is 27.7 Å². The Balaban J connectivity index is 1.57. The summed E-state index contributed by atoms with van der Waals surface area (Å²) in [6.07, 6.45) is 0. The zero-order valence-corrected chi connectivity index (χ0v) is 14.4. The Labute approximate surface area is 146 Å². The third-order valence-electron chi connectivity index (χ3n) is 4.06. The van der Waals surface area contributed by atoms with Crippen LogP contribution in [0.2, 0.25) is 0 Å². The lowest BCUT2D eigenvalue weighted by molar-refractivity contribution is 0.389. The Hall–Kier alpha value is -2.34. The van der Waals surface area contributed by atoms with Gasteiger partial charge in [-0.2, -0.15) is 0 Å². The van der Waals surface area contributed by atoms with Gasteiger partial charge in [0, 0.05) is 43.6 Å². The van der Waals surface area contributed by atoms with Gasteiger partial charge in [-0.1, -0.05) is 12.1 Å². The maximum absolute atomic E-state index is 13.2. The Morgan fingerprint density at radius 3 is 2.54 bits per heavy atom. The molecule has 6 heteroatoms. The Kier molecular flexibility index (Phi) is 5.15. The summed E-state index contributed by atoms with van der Waals surface area (Å²) < 4.78 is 18.5. The Morgan fingerprint density at radius 2 is 1.83 bits per heavy atom. The highest BCUT2D eigenvalue weighted by Gasteiger charge is 2.19. The lowest BCUT2D eigenvalue weighted by Crippen LogP contribution is -2.50. The van der Waals surface area contributed by atoms with Crippen LogP contribution in [0.4, 0.5) is 15.8 Å². The van der Waals surface area contributed by atoms with E-state index in [0.29, 0.717) is 10.8 Å². The summed E-state index contributed by atoms with van der Waals surface area (Å²) in [5.74, 6) is 0.587. The molecule has 0 bridgehead atoms. The fourth-order valence-corrected chi connectivity index (χ4v) is 3.04. The monoisotopic (exact) mass is 345 g/mol. The van der Waals surface area contributed by atoms with E-state index in [2.05, 4.69) is 21.2 Å². The quantitative estimate of drug-likeness (QED) is 0.861. The van der Waals surface area contributed by atoms with Crippen molar-refractivity contribution in [2.45, 2.75) is 0 Å². The third kappa shape index (κ3) is 3.94. The maximum atomic E-state index is 13.2. The summed E-state index contributed by atoms with van der Waals surface area (Å²) in [5, 5.41) is 3.73. The number of halogens is 1. The van der Waals surface area contributed by atoms with Crippen molar-refractivity contribution in [1.29, 1.82) is 0 Å². The average Bonchev–Trinajstić information content (AvgIpc) is 2.62. The number of benzene rings is 2. The lowest BCUT2D eigenvalue weighted by atomic mass is 10.2. The Morgan fingerprint density at radius 1 is 1.08 bits per heavy atom. The van der Waals surface area contributed by atoms with Gasteiger partial charge in [0.1, 0.15) is 11.6 Å². The molecule has 1 heterocycles. The van der Waals surface area contributed by atoms with Crippen molar-refractivity contribution in [3.8, 4) is 5.75 Å². The first kappa shape index (κ1) is 16.5. The summed E-state index contributed by atoms with van der Waals surface area (Å²) >= 11 is 5.45. The second kappa shape index (κ2) is 7.49. The van der Waals surface area contributed by atoms with Gasteiger partial charge in [0.25, 0.3) is 0 Å². The van der Waals surface area contributed by atoms with Crippen LogP contribution in [-0.4, -0.2) is 43.3 Å². The molecule has 1 N–H and O–H groups in total. The Bertz CT molecular complexity index is 717. The van der Waals surface area contributed by atoms with E-state index in [9.17, 15) is 4.39 Å². The van der Waals surface area contributed by atoms with Gasteiger partial charge in [0.2, 0.25) is 0 Å². The number of piperazine rings is 1. The summed E-state index contributed by atoms with van der Waals surface area (Å²) in [7, 11) is 1.67. The number of methoxy groups -OCH3 is 1. The molecule has 0 atom stereocenters. The molecular weight excluding hydrogens is 325 g/mol. The fourth-order valence-electron chi connectivity index (χ4n) is 2.74. The van der Waals surface area contributed by atoms with Crippen molar-refractivity contribution in [3.05, 3.63) is 54.3 Å². The number of hydrogen-bond acceptors (Lipinski definition) is 3. The van der Waals surface area contributed by atoms with Crippen LogP contribution >= 0.6 is 12.2 Å². The minimum atomic E-state index is -0.273. The first-order valence-corrected chi connectivity index (χ1v) is 8.27. The normalized spacial score (nSPS) is 14.4. The fraction of sp³-hybridized carbons (Fsp3) is 0.278. The molecule has 1 aliphatic heterocycles. The van der Waals surface area contributed by atoms with Crippen molar-refractivity contribution in [1.82, 2.24) is 4.90 Å². The zero-order chi connectivity index (χ0) is 16.9. The molecule has 2 aromatic carbocycles. The molecule has 0 spiro atoms. The molecule has 0 aliphatic carbocycles. The highest BCUT2D eigenvalue weighted by molar-refractivity contribution is 7.80. The van der Waals surface area contributed by atoms with Gasteiger partial charge in [-0.3, -0.25) is 0 Å². The number of anilines is 2. The van der Waals surface area contributed by atoms with Crippen molar-refractivity contribution in [2.75, 3.05) is 43.5 Å². The molecule has 2 aromatic rings. The van der Waals surface area contributed by atoms with Crippen LogP contribution in [0.25, 0.3) is 0 Å². The van der Waals surface area contributed by atoms with Gasteiger partial charge >= 0.3 is 0 Å². The molecule has 1 aliphatic rings. The van der Waals surface area contributed by atoms with Crippen LogP contribution in [0.1, 0.15) is 0 Å². The largest absolute Gasteiger partial charge is 0.497 e. The smallest absolute Gasteiger partial charge is 0.173 e. The van der Waals surface area contributed by atoms with Crippen molar-refractivity contribution in [3.63, 3.8) is 0 Å². The molecule has 4 nitrogen and oxygen atoms in total. The van der Waals surface area contributed by atoms with Crippen molar-refractivity contribution in [2.24, 2.45) is 0 Å². The highest BCUT2D eigenvalue weighted by Crippen LogP contribution is 2.22. The SMILES string of the molecule is COc1cccc(N2CCN(C(=S)Nc3cccc(F)c3)CC2)c1. The highest BCUT2D eigenvalue weighted by atomic mass is 32.1. The molecule has 3 rings (SSSR count). The van der Waals surface area contributed by atoms with Crippen LogP contribution in [0.5, 0.6) is 5.75 Å². The number of thiocarbonyl (C=S) groups is 1. The molecule has 24 heavy (non-hydrogen) atoms. The van der Waals surface area contributed by atoms with Crippen LogP contribution in [0.15, 0.2) is 48.5 Å². The van der Waals surface area contributed by atoms with Crippen LogP contribution < -0.4 is 15.0 Å². The minimum Gasteiger partial charge on any atom is -0.497 e. The van der Waals surface area contributed by atoms with Gasteiger partial charge in [0.05, 0.1) is 7.11 Å². The van der Waals surface area contributed by atoms with E-state index in [1.54, 1.807) is 13.2 Å². The maximum Gasteiger partial charge on any atom is 0.173 e. The van der Waals surface area contributed by atoms with E-state index in [1.165, 1.54) is 12.1 Å². The van der Waals surface area contributed by atoms with E-state index in [4.69, 9.17) is 17.0 Å². The van der Waals surface area contributed by atoms with Gasteiger partial charge in [0.15, 0.2) is 5.11 Å². The molecule has 0 saturated carbocycles. The average molecular weight is 345 g/mol. The standard InChI is InChI=1S/C18H20FN3OS/c1-23-17-7-3-6-16(13-17)21-8-10-22(11-9-21)18(24)20-15-5-2-4-14(19)12-15/h2-7,12-13H,8-11H2,1H3,(H,20,24). The zero-order valence-electron chi connectivity index (χ0n) is 13.5. The molecule has 0 radical (unpaired) electrons. The van der Waals surface area contributed by atoms with E-state index in [-0.39, 0.29) is 5.82 Å². The number of nitrogens with one attached hydrogen (secondary N) is 1. The van der Waals surface area contributed by atoms with Gasteiger partial charge in [-0.05, 0) is 42.5 Å². The van der Waals surface area contributed by atoms with Gasteiger partial charge in [-0.15, -0.1) is 0 Å². The second-order valence-corrected chi connectivity index (χ2v) is 6.00. The molecule has 1 saturated heterocycles. The van der Waals surface area contributed by atoms with Crippen LogP contribution in [0, 0.1) is 5.82 Å². The van der Waals surface area contributed by atoms with E-state index < -0.39 is 0 Å². The number of nitrogens with zero attached hydrogens (tertiary/aromatic N) is 2. The number of ether oxygens (including phenoxy) is 1. The van der Waals surface area contributed by atoms with Crippen LogP contribution in [-0.2, 0) is 0 Å². The molecule has 0 amide bonds. The summed E-state index contributed by atoms with van der Waals surface area (Å²) in [5.41, 5.74) is 1.83. The van der Waals surface area contributed by atoms with E-state index in [0.717, 1.165) is 37.6 Å². The second-order valence-electron chi connectivity index (χ2n) is 5.62. The molecule has 0 unspecified atom stereocenters. The van der Waals surface area contributed by atoms with E-state index in [1.807, 2.05) is 24.3 Å². The van der Waals surface area contributed by atoms with Crippen LogP contribution in [0.3, 0.4) is 0 Å². The molecule has 0 aromatic heterocycles. The molecular formula is C18H20FN3OS. The predicted molar refractivity (Wildman–Crippen MR) is 99.4 cm³/mol. The number of rotatable bonds is 3. The minimum absolute atomic E-state index is 0.273. The van der Waals surface area contributed by atoms with Crippen molar-refractivity contribution >= 4 is 28.7 Å². The summed E-state index contributed by atoms with van der Waals surface area (Å²) in [6, 6.07) is 14.4. The lowest BCUT2D eigenvalue weighted by Gasteiger charge is -2.37. The summed E-state index contributed by atoms with van der Waals surface area (Å²) in [4.78, 5) is 4.42. The van der Waals surface area contributed by atoms with Gasteiger partial charge < -0.3 is 19.9 Å². The van der Waals surface area contributed by atoms with Crippen molar-refractivity contribution < 1.29 is 9.13 Å². The first-order chi connectivity index (χ1) is 11.7.